The molecule has 1 heterocycles. The Labute approximate surface area is 129 Å². The third-order valence-corrected chi connectivity index (χ3v) is 4.21. The van der Waals surface area contributed by atoms with Crippen LogP contribution in [0, 0.1) is 11.3 Å². The zero-order valence-electron chi connectivity index (χ0n) is 12.3. The van der Waals surface area contributed by atoms with Gasteiger partial charge in [0.25, 0.3) is 5.91 Å². The normalized spacial score (nSPS) is 19.9. The molecule has 2 aliphatic rings. The molecule has 1 aliphatic carbocycles. The molecule has 0 saturated heterocycles. The molecule has 5 nitrogen and oxygen atoms in total. The lowest BCUT2D eigenvalue weighted by atomic mass is 9.95. The second-order valence-electron chi connectivity index (χ2n) is 5.69. The molecule has 1 aromatic carbocycles. The lowest BCUT2D eigenvalue weighted by molar-refractivity contribution is -0.117. The largest absolute Gasteiger partial charge is 0.383 e. The van der Waals surface area contributed by atoms with Gasteiger partial charge in [-0.05, 0) is 12.8 Å². The Morgan fingerprint density at radius 2 is 1.91 bits per heavy atom. The van der Waals surface area contributed by atoms with Gasteiger partial charge in [0, 0.05) is 17.2 Å². The van der Waals surface area contributed by atoms with Crippen molar-refractivity contribution in [2.24, 2.45) is 10.7 Å². The van der Waals surface area contributed by atoms with E-state index in [0.29, 0.717) is 11.5 Å². The maximum atomic E-state index is 12.4. The fourth-order valence-corrected chi connectivity index (χ4v) is 3.06. The van der Waals surface area contributed by atoms with Crippen LogP contribution in [0.4, 0.5) is 0 Å². The highest BCUT2D eigenvalue weighted by Gasteiger charge is 2.26. The quantitative estimate of drug-likeness (QED) is 0.646. The fraction of sp³-hybridized carbons (Fsp3) is 0.353. The van der Waals surface area contributed by atoms with E-state index in [-0.39, 0.29) is 17.5 Å². The maximum absolute atomic E-state index is 12.4. The first kappa shape index (κ1) is 14.3. The monoisotopic (exact) mass is 294 g/mol. The predicted octanol–water partition coefficient (Wildman–Crippen LogP) is 2.09. The molecule has 0 radical (unpaired) electrons. The van der Waals surface area contributed by atoms with E-state index in [9.17, 15) is 10.1 Å². The van der Waals surface area contributed by atoms with Gasteiger partial charge in [-0.1, -0.05) is 43.5 Å². The summed E-state index contributed by atoms with van der Waals surface area (Å²) in [6.45, 7) is 0. The Balaban J connectivity index is 1.91. The van der Waals surface area contributed by atoms with Crippen molar-refractivity contribution >= 4 is 17.4 Å². The van der Waals surface area contributed by atoms with Gasteiger partial charge in [0.1, 0.15) is 17.5 Å². The summed E-state index contributed by atoms with van der Waals surface area (Å²) >= 11 is 0. The van der Waals surface area contributed by atoms with E-state index in [2.05, 4.69) is 10.3 Å². The van der Waals surface area contributed by atoms with E-state index in [1.165, 1.54) is 6.42 Å². The second kappa shape index (κ2) is 6.02. The number of aliphatic imine (C=N–C) groups is 1. The molecule has 0 spiro atoms. The molecule has 3 rings (SSSR count). The first-order valence-electron chi connectivity index (χ1n) is 7.60. The van der Waals surface area contributed by atoms with E-state index in [4.69, 9.17) is 5.73 Å². The van der Waals surface area contributed by atoms with Crippen LogP contribution in [0.25, 0.3) is 5.70 Å². The summed E-state index contributed by atoms with van der Waals surface area (Å²) < 4.78 is 0. The summed E-state index contributed by atoms with van der Waals surface area (Å²) in [6.07, 6.45) is 5.41. The fourth-order valence-electron chi connectivity index (χ4n) is 3.06. The smallest absolute Gasteiger partial charge is 0.264 e. The Morgan fingerprint density at radius 1 is 1.23 bits per heavy atom. The number of amidine groups is 1. The van der Waals surface area contributed by atoms with Gasteiger partial charge in [-0.25, -0.2) is 4.99 Å². The van der Waals surface area contributed by atoms with Crippen molar-refractivity contribution in [2.75, 3.05) is 0 Å². The van der Waals surface area contributed by atoms with E-state index < -0.39 is 0 Å². The van der Waals surface area contributed by atoms with Gasteiger partial charge in [-0.3, -0.25) is 4.79 Å². The van der Waals surface area contributed by atoms with Gasteiger partial charge >= 0.3 is 0 Å². The molecule has 0 atom stereocenters. The minimum Gasteiger partial charge on any atom is -0.383 e. The van der Waals surface area contributed by atoms with Crippen LogP contribution in [0.2, 0.25) is 0 Å². The van der Waals surface area contributed by atoms with Gasteiger partial charge in [-0.2, -0.15) is 5.26 Å². The van der Waals surface area contributed by atoms with Crippen LogP contribution >= 0.6 is 0 Å². The van der Waals surface area contributed by atoms with Crippen LogP contribution in [-0.4, -0.2) is 17.8 Å². The average molecular weight is 294 g/mol. The number of nitrogens with zero attached hydrogens (tertiary/aromatic N) is 2. The number of rotatable bonds is 2. The summed E-state index contributed by atoms with van der Waals surface area (Å²) in [5.41, 5.74) is 7.83. The highest BCUT2D eigenvalue weighted by atomic mass is 16.1. The highest BCUT2D eigenvalue weighted by molar-refractivity contribution is 6.14. The van der Waals surface area contributed by atoms with Crippen LogP contribution in [0.15, 0.2) is 34.8 Å². The number of benzene rings is 1. The number of hydrogen-bond donors (Lipinski definition) is 2. The molecule has 1 fully saturated rings. The number of nitrogens with one attached hydrogen (secondary N) is 1. The Hall–Kier alpha value is -2.61. The number of nitriles is 1. The molecule has 22 heavy (non-hydrogen) atoms. The van der Waals surface area contributed by atoms with Gasteiger partial charge in [0.05, 0.1) is 5.70 Å². The van der Waals surface area contributed by atoms with Crippen molar-refractivity contribution < 1.29 is 4.79 Å². The van der Waals surface area contributed by atoms with E-state index in [1.807, 2.05) is 30.3 Å². The van der Waals surface area contributed by atoms with E-state index in [0.717, 1.165) is 36.8 Å². The Kier molecular flexibility index (Phi) is 3.92. The molecular formula is C17H18N4O. The number of fused-ring (bicyclic) bond motifs is 1. The Bertz CT molecular complexity index is 706. The van der Waals surface area contributed by atoms with Crippen LogP contribution in [0.1, 0.15) is 43.2 Å². The van der Waals surface area contributed by atoms with Crippen molar-refractivity contribution in [1.29, 1.82) is 5.26 Å². The zero-order valence-corrected chi connectivity index (χ0v) is 12.3. The standard InChI is InChI=1S/C17H18N4O/c18-10-14(17(22)20-11-6-2-1-3-7-11)15-12-8-4-5-9-13(12)16(19)21-15/h4-5,8-9,11H,1-3,6-7H2,(H2,19,21)(H,20,22). The number of amides is 1. The molecule has 0 unspecified atom stereocenters. The minimum atomic E-state index is -0.349. The van der Waals surface area contributed by atoms with Crippen LogP contribution in [0.5, 0.6) is 0 Å². The first-order valence-corrected chi connectivity index (χ1v) is 7.60. The maximum Gasteiger partial charge on any atom is 0.264 e. The SMILES string of the molecule is N#CC(C(=O)NC1CCCCC1)=C1N=C(N)c2ccccc21. The van der Waals surface area contributed by atoms with E-state index >= 15 is 0 Å². The number of carbonyl (C=O) groups excluding carboxylic acids is 1. The molecule has 0 aromatic heterocycles. The third-order valence-electron chi connectivity index (χ3n) is 4.21. The van der Waals surface area contributed by atoms with Crippen LogP contribution in [0.3, 0.4) is 0 Å². The molecule has 5 heteroatoms. The van der Waals surface area contributed by atoms with Crippen molar-refractivity contribution in [3.63, 3.8) is 0 Å². The van der Waals surface area contributed by atoms with Gasteiger partial charge in [-0.15, -0.1) is 0 Å². The lowest BCUT2D eigenvalue weighted by Crippen LogP contribution is -2.37. The van der Waals surface area contributed by atoms with Crippen molar-refractivity contribution in [3.05, 3.63) is 41.0 Å². The zero-order chi connectivity index (χ0) is 15.5. The van der Waals surface area contributed by atoms with Gasteiger partial charge < -0.3 is 11.1 Å². The van der Waals surface area contributed by atoms with Crippen molar-refractivity contribution in [2.45, 2.75) is 38.1 Å². The molecular weight excluding hydrogens is 276 g/mol. The summed E-state index contributed by atoms with van der Waals surface area (Å²) in [4.78, 5) is 16.7. The average Bonchev–Trinajstić information content (AvgIpc) is 2.87. The second-order valence-corrected chi connectivity index (χ2v) is 5.69. The summed E-state index contributed by atoms with van der Waals surface area (Å²) in [5, 5.41) is 12.4. The van der Waals surface area contributed by atoms with Crippen LogP contribution in [-0.2, 0) is 4.79 Å². The lowest BCUT2D eigenvalue weighted by Gasteiger charge is -2.22. The third kappa shape index (κ3) is 2.60. The number of hydrogen-bond acceptors (Lipinski definition) is 4. The Morgan fingerprint density at radius 3 is 2.59 bits per heavy atom. The van der Waals surface area contributed by atoms with Crippen molar-refractivity contribution in [3.8, 4) is 6.07 Å². The van der Waals surface area contributed by atoms with Crippen LogP contribution < -0.4 is 11.1 Å². The highest BCUT2D eigenvalue weighted by Crippen LogP contribution is 2.30. The molecule has 0 bridgehead atoms. The van der Waals surface area contributed by atoms with Crippen molar-refractivity contribution in [1.82, 2.24) is 5.32 Å². The summed E-state index contributed by atoms with van der Waals surface area (Å²) in [6, 6.07) is 9.54. The first-order chi connectivity index (χ1) is 10.7. The molecule has 1 aromatic rings. The van der Waals surface area contributed by atoms with Gasteiger partial charge in [0.2, 0.25) is 0 Å². The predicted molar refractivity (Wildman–Crippen MR) is 84.7 cm³/mol. The minimum absolute atomic E-state index is 0.0403. The number of nitrogens with two attached hydrogens (primary N) is 1. The number of carbonyl (C=O) groups is 1. The molecule has 1 amide bonds. The molecule has 1 aliphatic heterocycles. The topological polar surface area (TPSA) is 91.3 Å². The van der Waals surface area contributed by atoms with Gasteiger partial charge in [0.15, 0.2) is 0 Å². The summed E-state index contributed by atoms with van der Waals surface area (Å²) in [5.74, 6) is 0.00136. The van der Waals surface area contributed by atoms with E-state index in [1.54, 1.807) is 0 Å². The molecule has 112 valence electrons. The summed E-state index contributed by atoms with van der Waals surface area (Å²) in [7, 11) is 0. The molecule has 1 saturated carbocycles. The molecule has 3 N–H and O–H groups in total.